The number of Topliss-reactive ketones (excluding diaryl/α,β-unsaturated/α-hetero) is 1. The highest BCUT2D eigenvalue weighted by Crippen LogP contribution is 2.31. The second-order valence-electron chi connectivity index (χ2n) is 6.63. The number of hydrogen-bond acceptors (Lipinski definition) is 8. The van der Waals surface area contributed by atoms with Gasteiger partial charge in [0.05, 0.1) is 18.6 Å². The van der Waals surface area contributed by atoms with Crippen LogP contribution in [0.15, 0.2) is 52.9 Å². The normalized spacial score (nSPS) is 10.7. The predicted molar refractivity (Wildman–Crippen MR) is 121 cm³/mol. The van der Waals surface area contributed by atoms with Crippen LogP contribution < -0.4 is 15.4 Å². The van der Waals surface area contributed by atoms with Gasteiger partial charge in [-0.2, -0.15) is 0 Å². The van der Waals surface area contributed by atoms with Crippen LogP contribution in [0.5, 0.6) is 5.75 Å². The first-order valence-corrected chi connectivity index (χ1v) is 11.1. The van der Waals surface area contributed by atoms with Crippen molar-refractivity contribution >= 4 is 51.3 Å². The van der Waals surface area contributed by atoms with E-state index in [1.165, 1.54) is 23.1 Å². The van der Waals surface area contributed by atoms with Gasteiger partial charge in [0.15, 0.2) is 10.1 Å². The molecule has 7 nitrogen and oxygen atoms in total. The van der Waals surface area contributed by atoms with Crippen molar-refractivity contribution in [3.05, 3.63) is 54.1 Å². The van der Waals surface area contributed by atoms with Crippen molar-refractivity contribution in [1.82, 2.24) is 10.2 Å². The largest absolute Gasteiger partial charge is 0.495 e. The molecular formula is C21H22N4O3S2. The minimum Gasteiger partial charge on any atom is -0.495 e. The van der Waals surface area contributed by atoms with Crippen molar-refractivity contribution in [1.29, 1.82) is 0 Å². The van der Waals surface area contributed by atoms with Crippen LogP contribution >= 0.6 is 23.1 Å². The summed E-state index contributed by atoms with van der Waals surface area (Å²) in [7, 11) is 1.61. The van der Waals surface area contributed by atoms with Gasteiger partial charge in [0.25, 0.3) is 0 Å². The van der Waals surface area contributed by atoms with E-state index < -0.39 is 0 Å². The number of thioether (sulfide) groups is 1. The molecule has 0 saturated heterocycles. The Morgan fingerprint density at radius 3 is 2.53 bits per heavy atom. The van der Waals surface area contributed by atoms with E-state index in [0.717, 1.165) is 5.69 Å². The molecule has 0 atom stereocenters. The Balaban J connectivity index is 1.54. The molecule has 30 heavy (non-hydrogen) atoms. The van der Waals surface area contributed by atoms with Crippen molar-refractivity contribution in [2.75, 3.05) is 23.5 Å². The van der Waals surface area contributed by atoms with Crippen LogP contribution in [-0.2, 0) is 4.79 Å². The summed E-state index contributed by atoms with van der Waals surface area (Å²) in [5.74, 6) is 0.790. The maximum atomic E-state index is 12.5. The third-order valence-electron chi connectivity index (χ3n) is 4.08. The quantitative estimate of drug-likeness (QED) is 0.361. The third-order valence-corrected chi connectivity index (χ3v) is 6.05. The average molecular weight is 443 g/mol. The maximum Gasteiger partial charge on any atom is 0.226 e. The zero-order chi connectivity index (χ0) is 21.5. The number of amides is 1. The second-order valence-corrected chi connectivity index (χ2v) is 8.83. The molecule has 1 amide bonds. The van der Waals surface area contributed by atoms with Crippen molar-refractivity contribution in [2.45, 2.75) is 18.2 Å². The molecule has 2 N–H and O–H groups in total. The number of nitrogens with zero attached hydrogens (tertiary/aromatic N) is 2. The molecule has 2 aromatic carbocycles. The Morgan fingerprint density at radius 1 is 1.10 bits per heavy atom. The fourth-order valence-electron chi connectivity index (χ4n) is 2.42. The highest BCUT2D eigenvalue weighted by atomic mass is 32.2. The number of ketones is 1. The summed E-state index contributed by atoms with van der Waals surface area (Å²) in [4.78, 5) is 24.2. The van der Waals surface area contributed by atoms with Gasteiger partial charge in [-0.05, 0) is 36.4 Å². The van der Waals surface area contributed by atoms with Crippen molar-refractivity contribution in [3.63, 3.8) is 0 Å². The number of aromatic nitrogens is 2. The highest BCUT2D eigenvalue weighted by molar-refractivity contribution is 8.01. The van der Waals surface area contributed by atoms with E-state index >= 15 is 0 Å². The van der Waals surface area contributed by atoms with Gasteiger partial charge < -0.3 is 15.4 Å². The van der Waals surface area contributed by atoms with Crippen molar-refractivity contribution < 1.29 is 14.3 Å². The molecule has 0 aliphatic rings. The van der Waals surface area contributed by atoms with Crippen LogP contribution in [0.1, 0.15) is 24.2 Å². The van der Waals surface area contributed by atoms with E-state index in [-0.39, 0.29) is 23.4 Å². The molecule has 3 rings (SSSR count). The molecule has 0 spiro atoms. The molecule has 0 aliphatic carbocycles. The van der Waals surface area contributed by atoms with Gasteiger partial charge >= 0.3 is 0 Å². The SMILES string of the molecule is COc1ccccc1Nc1nnc(SCC(=O)c2ccc(NC(=O)C(C)C)cc2)s1. The average Bonchev–Trinajstić information content (AvgIpc) is 3.20. The smallest absolute Gasteiger partial charge is 0.226 e. The molecule has 0 unspecified atom stereocenters. The lowest BCUT2D eigenvalue weighted by molar-refractivity contribution is -0.118. The second kappa shape index (κ2) is 10.2. The monoisotopic (exact) mass is 442 g/mol. The van der Waals surface area contributed by atoms with Crippen LogP contribution in [0, 0.1) is 5.92 Å². The lowest BCUT2D eigenvalue weighted by Gasteiger charge is -2.08. The number of benzene rings is 2. The summed E-state index contributed by atoms with van der Waals surface area (Å²) < 4.78 is 6.01. The number of nitrogens with one attached hydrogen (secondary N) is 2. The summed E-state index contributed by atoms with van der Waals surface area (Å²) in [5, 5.41) is 14.9. The van der Waals surface area contributed by atoms with E-state index in [4.69, 9.17) is 4.74 Å². The Kier molecular flexibility index (Phi) is 7.42. The number of anilines is 3. The van der Waals surface area contributed by atoms with Gasteiger partial charge in [0.1, 0.15) is 5.75 Å². The van der Waals surface area contributed by atoms with E-state index in [1.807, 2.05) is 38.1 Å². The Hall–Kier alpha value is -2.91. The first kappa shape index (κ1) is 21.8. The lowest BCUT2D eigenvalue weighted by Crippen LogP contribution is -2.17. The number of para-hydroxylation sites is 2. The number of carbonyl (C=O) groups is 2. The standard InChI is InChI=1S/C21H22N4O3S2/c1-13(2)19(27)22-15-10-8-14(9-11-15)17(26)12-29-21-25-24-20(30-21)23-16-6-4-5-7-18(16)28-3/h4-11,13H,12H2,1-3H3,(H,22,27)(H,23,24). The highest BCUT2D eigenvalue weighted by Gasteiger charge is 2.12. The third kappa shape index (κ3) is 5.80. The van der Waals surface area contributed by atoms with E-state index in [1.54, 1.807) is 31.4 Å². The van der Waals surface area contributed by atoms with Gasteiger partial charge in [-0.25, -0.2) is 0 Å². The molecule has 156 valence electrons. The summed E-state index contributed by atoms with van der Waals surface area (Å²) in [6.07, 6.45) is 0. The van der Waals surface area contributed by atoms with Crippen molar-refractivity contribution in [3.8, 4) is 5.75 Å². The van der Waals surface area contributed by atoms with Gasteiger partial charge in [-0.1, -0.05) is 49.1 Å². The molecule has 0 aliphatic heterocycles. The topological polar surface area (TPSA) is 93.2 Å². The Bertz CT molecular complexity index is 1020. The summed E-state index contributed by atoms with van der Waals surface area (Å²) in [6.45, 7) is 3.66. The van der Waals surface area contributed by atoms with Crippen LogP contribution in [-0.4, -0.2) is 34.8 Å². The zero-order valence-electron chi connectivity index (χ0n) is 16.8. The Morgan fingerprint density at radius 2 is 1.83 bits per heavy atom. The molecule has 3 aromatic rings. The van der Waals surface area contributed by atoms with Crippen LogP contribution in [0.3, 0.4) is 0 Å². The van der Waals surface area contributed by atoms with E-state index in [9.17, 15) is 9.59 Å². The van der Waals surface area contributed by atoms with Crippen LogP contribution in [0.25, 0.3) is 0 Å². The van der Waals surface area contributed by atoms with Gasteiger partial charge in [-0.3, -0.25) is 9.59 Å². The number of ether oxygens (including phenoxy) is 1. The molecule has 9 heteroatoms. The number of hydrogen-bond donors (Lipinski definition) is 2. The molecule has 1 aromatic heterocycles. The zero-order valence-corrected chi connectivity index (χ0v) is 18.5. The summed E-state index contributed by atoms with van der Waals surface area (Å²) in [6, 6.07) is 14.4. The van der Waals surface area contributed by atoms with Gasteiger partial charge in [0.2, 0.25) is 11.0 Å². The minimum atomic E-state index is -0.100. The minimum absolute atomic E-state index is 0.0174. The van der Waals surface area contributed by atoms with E-state index in [0.29, 0.717) is 26.5 Å². The fraction of sp³-hybridized carbons (Fsp3) is 0.238. The number of rotatable bonds is 9. The van der Waals surface area contributed by atoms with Gasteiger partial charge in [0, 0.05) is 17.2 Å². The van der Waals surface area contributed by atoms with E-state index in [2.05, 4.69) is 20.8 Å². The lowest BCUT2D eigenvalue weighted by atomic mass is 10.1. The predicted octanol–water partition coefficient (Wildman–Crippen LogP) is 4.86. The molecule has 0 fully saturated rings. The van der Waals surface area contributed by atoms with Gasteiger partial charge in [-0.15, -0.1) is 10.2 Å². The molecule has 0 radical (unpaired) electrons. The molecular weight excluding hydrogens is 420 g/mol. The van der Waals surface area contributed by atoms with Crippen LogP contribution in [0.2, 0.25) is 0 Å². The molecule has 1 heterocycles. The van der Waals surface area contributed by atoms with Crippen LogP contribution in [0.4, 0.5) is 16.5 Å². The first-order chi connectivity index (χ1) is 14.5. The van der Waals surface area contributed by atoms with Crippen molar-refractivity contribution in [2.24, 2.45) is 5.92 Å². The molecule has 0 saturated carbocycles. The summed E-state index contributed by atoms with van der Waals surface area (Å²) in [5.41, 5.74) is 2.06. The summed E-state index contributed by atoms with van der Waals surface area (Å²) >= 11 is 2.71. The maximum absolute atomic E-state index is 12.5. The number of methoxy groups -OCH3 is 1. The Labute approximate surface area is 183 Å². The molecule has 0 bridgehead atoms. The first-order valence-electron chi connectivity index (χ1n) is 9.26. The number of carbonyl (C=O) groups excluding carboxylic acids is 2. The fourth-order valence-corrected chi connectivity index (χ4v) is 4.08.